The maximum absolute atomic E-state index is 12.3. The zero-order valence-electron chi connectivity index (χ0n) is 15.2. The minimum Gasteiger partial charge on any atom is -0.454 e. The number of ether oxygens (including phenoxy) is 4. The van der Waals surface area contributed by atoms with Crippen molar-refractivity contribution in [1.82, 2.24) is 10.6 Å². The quantitative estimate of drug-likeness (QED) is 0.694. The number of fused-ring (bicyclic) bond motifs is 2. The lowest BCUT2D eigenvalue weighted by Crippen LogP contribution is -2.53. The van der Waals surface area contributed by atoms with Crippen molar-refractivity contribution in [3.63, 3.8) is 0 Å². The molecule has 3 aliphatic rings. The van der Waals surface area contributed by atoms with Gasteiger partial charge in [-0.3, -0.25) is 4.79 Å². The number of aliphatic hydroxyl groups is 1. The number of rotatable bonds is 4. The predicted octanol–water partition coefficient (Wildman–Crippen LogP) is 0.319. The first-order valence-electron chi connectivity index (χ1n) is 9.47. The highest BCUT2D eigenvalue weighted by molar-refractivity contribution is 5.76. The maximum atomic E-state index is 12.3. The molecule has 0 aliphatic carbocycles. The number of amides is 1. The van der Waals surface area contributed by atoms with Gasteiger partial charge in [-0.25, -0.2) is 0 Å². The highest BCUT2D eigenvalue weighted by Gasteiger charge is 2.33. The van der Waals surface area contributed by atoms with E-state index in [1.165, 1.54) is 0 Å². The topological polar surface area (TPSA) is 98.3 Å². The van der Waals surface area contributed by atoms with E-state index in [1.54, 1.807) is 0 Å². The summed E-state index contributed by atoms with van der Waals surface area (Å²) in [6, 6.07) is 5.82. The Morgan fingerprint density at radius 1 is 1.22 bits per heavy atom. The molecule has 4 rings (SSSR count). The monoisotopic (exact) mass is 378 g/mol. The van der Waals surface area contributed by atoms with Gasteiger partial charge in [0.05, 0.1) is 37.9 Å². The molecule has 2 fully saturated rings. The summed E-state index contributed by atoms with van der Waals surface area (Å²) >= 11 is 0. The summed E-state index contributed by atoms with van der Waals surface area (Å²) in [6.45, 7) is 1.93. The summed E-state index contributed by atoms with van der Waals surface area (Å²) in [5.41, 5.74) is 0.966. The molecule has 0 bridgehead atoms. The van der Waals surface area contributed by atoms with Crippen molar-refractivity contribution in [2.75, 3.05) is 26.6 Å². The van der Waals surface area contributed by atoms with Gasteiger partial charge in [0.2, 0.25) is 12.7 Å². The Kier molecular flexibility index (Phi) is 5.77. The van der Waals surface area contributed by atoms with Gasteiger partial charge in [0.25, 0.3) is 0 Å². The Morgan fingerprint density at radius 3 is 3.04 bits per heavy atom. The van der Waals surface area contributed by atoms with Crippen LogP contribution < -0.4 is 20.1 Å². The van der Waals surface area contributed by atoms with E-state index in [2.05, 4.69) is 10.6 Å². The van der Waals surface area contributed by atoms with E-state index in [4.69, 9.17) is 18.9 Å². The van der Waals surface area contributed by atoms with Crippen LogP contribution >= 0.6 is 0 Å². The summed E-state index contributed by atoms with van der Waals surface area (Å²) in [5.74, 6) is 1.41. The Morgan fingerprint density at radius 2 is 2.11 bits per heavy atom. The molecule has 0 saturated carbocycles. The standard InChI is InChI=1S/C19H26N2O6/c22-13-8-20-15-3-2-14(27-18(15)10-24-9-13)6-19(23)21-7-12-1-4-16-17(5-12)26-11-25-16/h1,4-5,13-15,18,20,22H,2-3,6-11H2,(H,21,23)/t13-,14-,15+,18-/m1/s1. The highest BCUT2D eigenvalue weighted by atomic mass is 16.7. The van der Waals surface area contributed by atoms with Gasteiger partial charge in [-0.05, 0) is 30.5 Å². The number of aliphatic hydroxyl groups excluding tert-OH is 1. The van der Waals surface area contributed by atoms with Crippen LogP contribution in [-0.4, -0.2) is 61.9 Å². The number of β-amino-alcohol motifs (C(OH)–C–C–N with tert-alkyl or cyclic N) is 1. The fourth-order valence-electron chi connectivity index (χ4n) is 3.70. The molecule has 8 nitrogen and oxygen atoms in total. The van der Waals surface area contributed by atoms with Crippen molar-refractivity contribution in [3.8, 4) is 11.5 Å². The smallest absolute Gasteiger partial charge is 0.231 e. The summed E-state index contributed by atoms with van der Waals surface area (Å²) < 4.78 is 22.2. The molecular formula is C19H26N2O6. The lowest BCUT2D eigenvalue weighted by molar-refractivity contribution is -0.137. The molecule has 3 N–H and O–H groups in total. The molecule has 1 aromatic rings. The molecule has 148 valence electrons. The summed E-state index contributed by atoms with van der Waals surface area (Å²) in [5, 5.41) is 16.0. The van der Waals surface area contributed by atoms with Crippen LogP contribution in [0, 0.1) is 0 Å². The van der Waals surface area contributed by atoms with E-state index < -0.39 is 6.10 Å². The van der Waals surface area contributed by atoms with Crippen molar-refractivity contribution in [1.29, 1.82) is 0 Å². The largest absolute Gasteiger partial charge is 0.454 e. The maximum Gasteiger partial charge on any atom is 0.231 e. The summed E-state index contributed by atoms with van der Waals surface area (Å²) in [6.07, 6.45) is 1.36. The van der Waals surface area contributed by atoms with E-state index in [0.29, 0.717) is 38.5 Å². The van der Waals surface area contributed by atoms with Gasteiger partial charge < -0.3 is 34.7 Å². The van der Waals surface area contributed by atoms with Crippen molar-refractivity contribution in [3.05, 3.63) is 23.8 Å². The number of nitrogens with one attached hydrogen (secondary N) is 2. The van der Waals surface area contributed by atoms with Gasteiger partial charge in [-0.1, -0.05) is 6.07 Å². The SMILES string of the molecule is O=C(C[C@H]1CC[C@@H]2NC[C@@H](O)COC[C@H]2O1)NCc1ccc2c(c1)OCO2. The normalized spacial score (nSPS) is 30.1. The van der Waals surface area contributed by atoms with Gasteiger partial charge >= 0.3 is 0 Å². The molecule has 4 atom stereocenters. The van der Waals surface area contributed by atoms with Crippen LogP contribution in [0.3, 0.4) is 0 Å². The zero-order valence-corrected chi connectivity index (χ0v) is 15.2. The van der Waals surface area contributed by atoms with E-state index in [1.807, 2.05) is 18.2 Å². The Balaban J connectivity index is 1.24. The first-order valence-corrected chi connectivity index (χ1v) is 9.47. The molecule has 3 heterocycles. The predicted molar refractivity (Wildman–Crippen MR) is 95.5 cm³/mol. The number of carbonyl (C=O) groups is 1. The molecule has 27 heavy (non-hydrogen) atoms. The van der Waals surface area contributed by atoms with Gasteiger partial charge in [0.15, 0.2) is 11.5 Å². The second-order valence-electron chi connectivity index (χ2n) is 7.25. The fourth-order valence-corrected chi connectivity index (χ4v) is 3.70. The van der Waals surface area contributed by atoms with Crippen LogP contribution in [0.4, 0.5) is 0 Å². The van der Waals surface area contributed by atoms with Gasteiger partial charge in [0.1, 0.15) is 0 Å². The second kappa shape index (κ2) is 8.43. The van der Waals surface area contributed by atoms with Crippen LogP contribution in [0.5, 0.6) is 11.5 Å². The van der Waals surface area contributed by atoms with Crippen molar-refractivity contribution in [2.45, 2.75) is 50.2 Å². The van der Waals surface area contributed by atoms with E-state index in [9.17, 15) is 9.90 Å². The third-order valence-corrected chi connectivity index (χ3v) is 5.16. The van der Waals surface area contributed by atoms with Gasteiger partial charge in [-0.15, -0.1) is 0 Å². The summed E-state index contributed by atoms with van der Waals surface area (Å²) in [7, 11) is 0. The molecule has 0 spiro atoms. The zero-order chi connectivity index (χ0) is 18.6. The Labute approximate surface area is 158 Å². The van der Waals surface area contributed by atoms with Gasteiger partial charge in [0, 0.05) is 19.1 Å². The number of benzene rings is 1. The van der Waals surface area contributed by atoms with E-state index in [0.717, 1.165) is 24.2 Å². The third kappa shape index (κ3) is 4.70. The first kappa shape index (κ1) is 18.5. The average Bonchev–Trinajstić information content (AvgIpc) is 3.12. The van der Waals surface area contributed by atoms with E-state index in [-0.39, 0.29) is 30.9 Å². The molecule has 3 aliphatic heterocycles. The molecule has 2 saturated heterocycles. The van der Waals surface area contributed by atoms with Crippen LogP contribution in [0.15, 0.2) is 18.2 Å². The Hall–Kier alpha value is -1.87. The van der Waals surface area contributed by atoms with Crippen molar-refractivity contribution in [2.24, 2.45) is 0 Å². The lowest BCUT2D eigenvalue weighted by Gasteiger charge is -2.38. The van der Waals surface area contributed by atoms with Crippen LogP contribution in [0.2, 0.25) is 0 Å². The minimum absolute atomic E-state index is 0.0359. The molecule has 0 unspecified atom stereocenters. The number of carbonyl (C=O) groups excluding carboxylic acids is 1. The minimum atomic E-state index is -0.481. The fraction of sp³-hybridized carbons (Fsp3) is 0.632. The van der Waals surface area contributed by atoms with Gasteiger partial charge in [-0.2, -0.15) is 0 Å². The van der Waals surface area contributed by atoms with E-state index >= 15 is 0 Å². The van der Waals surface area contributed by atoms with Crippen LogP contribution in [0.25, 0.3) is 0 Å². The first-order chi connectivity index (χ1) is 13.2. The molecular weight excluding hydrogens is 352 g/mol. The molecule has 0 radical (unpaired) electrons. The number of hydrogen-bond acceptors (Lipinski definition) is 7. The molecule has 1 amide bonds. The third-order valence-electron chi connectivity index (χ3n) is 5.16. The molecule has 8 heteroatoms. The van der Waals surface area contributed by atoms with Crippen LogP contribution in [0.1, 0.15) is 24.8 Å². The molecule has 0 aromatic heterocycles. The van der Waals surface area contributed by atoms with Crippen molar-refractivity contribution >= 4 is 5.91 Å². The summed E-state index contributed by atoms with van der Waals surface area (Å²) in [4.78, 5) is 12.3. The average molecular weight is 378 g/mol. The lowest BCUT2D eigenvalue weighted by atomic mass is 9.96. The number of hydrogen-bond donors (Lipinski definition) is 3. The Bertz CT molecular complexity index is 670. The highest BCUT2D eigenvalue weighted by Crippen LogP contribution is 2.32. The van der Waals surface area contributed by atoms with Crippen molar-refractivity contribution < 1.29 is 28.8 Å². The second-order valence-corrected chi connectivity index (χ2v) is 7.25. The molecule has 1 aromatic carbocycles. The van der Waals surface area contributed by atoms with Crippen LogP contribution in [-0.2, 0) is 20.8 Å².